The molecule has 2 aliphatic rings. The van der Waals surface area contributed by atoms with Crippen molar-refractivity contribution >= 4 is 8.32 Å². The van der Waals surface area contributed by atoms with Crippen molar-refractivity contribution in [2.45, 2.75) is 102 Å². The fourth-order valence-electron chi connectivity index (χ4n) is 4.59. The molecule has 0 aromatic heterocycles. The van der Waals surface area contributed by atoms with E-state index in [2.05, 4.69) is 69.1 Å². The van der Waals surface area contributed by atoms with Gasteiger partial charge in [0.2, 0.25) is 0 Å². The molecule has 1 aromatic rings. The topological polar surface area (TPSA) is 32.7 Å². The molecule has 3 rings (SSSR count). The van der Waals surface area contributed by atoms with Crippen molar-refractivity contribution in [1.82, 2.24) is 4.90 Å². The number of piperidine rings is 2. The standard InChI is InChI=1S/C23H39NO2Si/c1-22(2,3)27(4,5)26-15-14-23(25)16-20-12-9-13-21(17-23)24(20)18-19-10-7-6-8-11-19/h6-8,10-11,20-21,25H,9,12-18H2,1-5H3. The second-order valence-corrected chi connectivity index (χ2v) is 15.2. The fourth-order valence-corrected chi connectivity index (χ4v) is 5.63. The van der Waals surface area contributed by atoms with E-state index in [1.54, 1.807) is 0 Å². The van der Waals surface area contributed by atoms with Gasteiger partial charge in [-0.3, -0.25) is 4.90 Å². The summed E-state index contributed by atoms with van der Waals surface area (Å²) < 4.78 is 6.37. The third-order valence-electron chi connectivity index (χ3n) is 7.29. The van der Waals surface area contributed by atoms with Crippen molar-refractivity contribution in [3.05, 3.63) is 35.9 Å². The van der Waals surface area contributed by atoms with Gasteiger partial charge in [0.05, 0.1) is 5.60 Å². The van der Waals surface area contributed by atoms with Crippen LogP contribution in [0.2, 0.25) is 18.1 Å². The number of hydrogen-bond donors (Lipinski definition) is 1. The molecule has 2 unspecified atom stereocenters. The van der Waals surface area contributed by atoms with Crippen LogP contribution in [0.1, 0.15) is 64.9 Å². The summed E-state index contributed by atoms with van der Waals surface area (Å²) in [4.78, 5) is 2.67. The lowest BCUT2D eigenvalue weighted by Crippen LogP contribution is -2.57. The Morgan fingerprint density at radius 3 is 2.26 bits per heavy atom. The fraction of sp³-hybridized carbons (Fsp3) is 0.739. The van der Waals surface area contributed by atoms with Gasteiger partial charge in [0.25, 0.3) is 0 Å². The molecule has 3 nitrogen and oxygen atoms in total. The lowest BCUT2D eigenvalue weighted by molar-refractivity contribution is -0.103. The second-order valence-electron chi connectivity index (χ2n) is 10.4. The van der Waals surface area contributed by atoms with Gasteiger partial charge in [-0.05, 0) is 55.8 Å². The van der Waals surface area contributed by atoms with Gasteiger partial charge in [0.15, 0.2) is 8.32 Å². The first kappa shape index (κ1) is 21.0. The van der Waals surface area contributed by atoms with Gasteiger partial charge in [0.1, 0.15) is 0 Å². The predicted octanol–water partition coefficient (Wildman–Crippen LogP) is 5.35. The Balaban J connectivity index is 1.60. The first-order chi connectivity index (χ1) is 12.6. The Morgan fingerprint density at radius 2 is 1.70 bits per heavy atom. The monoisotopic (exact) mass is 389 g/mol. The molecule has 0 saturated carbocycles. The lowest BCUT2D eigenvalue weighted by atomic mass is 9.74. The van der Waals surface area contributed by atoms with Crippen molar-refractivity contribution in [3.63, 3.8) is 0 Å². The minimum Gasteiger partial charge on any atom is -0.417 e. The highest BCUT2D eigenvalue weighted by molar-refractivity contribution is 6.74. The van der Waals surface area contributed by atoms with Crippen LogP contribution in [0.25, 0.3) is 0 Å². The zero-order valence-electron chi connectivity index (χ0n) is 18.0. The number of hydrogen-bond acceptors (Lipinski definition) is 3. The van der Waals surface area contributed by atoms with Gasteiger partial charge in [-0.25, -0.2) is 0 Å². The summed E-state index contributed by atoms with van der Waals surface area (Å²) in [7, 11) is -1.74. The molecule has 0 amide bonds. The molecule has 4 heteroatoms. The third kappa shape index (κ3) is 5.03. The van der Waals surface area contributed by atoms with Crippen molar-refractivity contribution < 1.29 is 9.53 Å². The number of rotatable bonds is 6. The minimum absolute atomic E-state index is 0.227. The summed E-state index contributed by atoms with van der Waals surface area (Å²) in [5.74, 6) is 0. The molecule has 2 aliphatic heterocycles. The summed E-state index contributed by atoms with van der Waals surface area (Å²) in [6, 6.07) is 11.8. The van der Waals surface area contributed by atoms with Gasteiger partial charge in [0, 0.05) is 25.2 Å². The minimum atomic E-state index is -1.74. The number of fused-ring (bicyclic) bond motifs is 2. The van der Waals surface area contributed by atoms with Crippen LogP contribution in [-0.2, 0) is 11.0 Å². The van der Waals surface area contributed by atoms with Gasteiger partial charge < -0.3 is 9.53 Å². The first-order valence-corrected chi connectivity index (χ1v) is 13.7. The van der Waals surface area contributed by atoms with Crippen LogP contribution in [0.15, 0.2) is 30.3 Å². The van der Waals surface area contributed by atoms with Gasteiger partial charge in [-0.15, -0.1) is 0 Å². The molecule has 1 aromatic carbocycles. The summed E-state index contributed by atoms with van der Waals surface area (Å²) in [5, 5.41) is 11.6. The molecule has 2 saturated heterocycles. The van der Waals surface area contributed by atoms with E-state index in [0.29, 0.717) is 18.7 Å². The van der Waals surface area contributed by atoms with E-state index < -0.39 is 13.9 Å². The van der Waals surface area contributed by atoms with Crippen LogP contribution in [0.4, 0.5) is 0 Å². The lowest BCUT2D eigenvalue weighted by Gasteiger charge is -2.52. The van der Waals surface area contributed by atoms with Crippen molar-refractivity contribution in [2.75, 3.05) is 6.61 Å². The van der Waals surface area contributed by atoms with Crippen LogP contribution in [0, 0.1) is 0 Å². The zero-order chi connectivity index (χ0) is 19.7. The van der Waals surface area contributed by atoms with E-state index in [-0.39, 0.29) is 5.04 Å². The Hall–Kier alpha value is -0.683. The van der Waals surface area contributed by atoms with Crippen LogP contribution < -0.4 is 0 Å². The maximum atomic E-state index is 11.4. The molecular formula is C23H39NO2Si. The van der Waals surface area contributed by atoms with E-state index in [1.807, 2.05) is 0 Å². The summed E-state index contributed by atoms with van der Waals surface area (Å²) in [6.45, 7) is 13.2. The van der Waals surface area contributed by atoms with E-state index in [1.165, 1.54) is 24.8 Å². The highest BCUT2D eigenvalue weighted by atomic mass is 28.4. The van der Waals surface area contributed by atoms with Crippen LogP contribution >= 0.6 is 0 Å². The molecule has 1 N–H and O–H groups in total. The SMILES string of the molecule is CC(C)(C)[Si](C)(C)OCCC1(O)CC2CCCC(C1)N2Cc1ccccc1. The maximum Gasteiger partial charge on any atom is 0.191 e. The molecule has 0 aliphatic carbocycles. The second kappa shape index (κ2) is 7.98. The van der Waals surface area contributed by atoms with E-state index in [4.69, 9.17) is 4.43 Å². The highest BCUT2D eigenvalue weighted by Gasteiger charge is 2.45. The number of benzene rings is 1. The molecule has 2 heterocycles. The van der Waals surface area contributed by atoms with Crippen LogP contribution in [-0.4, -0.2) is 42.6 Å². The van der Waals surface area contributed by atoms with Crippen molar-refractivity contribution in [3.8, 4) is 0 Å². The Bertz CT molecular complexity index is 597. The van der Waals surface area contributed by atoms with Gasteiger partial charge >= 0.3 is 0 Å². The highest BCUT2D eigenvalue weighted by Crippen LogP contribution is 2.42. The Labute approximate surface area is 167 Å². The average Bonchev–Trinajstić information content (AvgIpc) is 2.56. The molecule has 2 bridgehead atoms. The van der Waals surface area contributed by atoms with E-state index >= 15 is 0 Å². The van der Waals surface area contributed by atoms with Gasteiger partial charge in [-0.1, -0.05) is 57.5 Å². The summed E-state index contributed by atoms with van der Waals surface area (Å²) >= 11 is 0. The molecule has 2 fully saturated rings. The normalized spacial score (nSPS) is 29.7. The number of aliphatic hydroxyl groups is 1. The van der Waals surface area contributed by atoms with Crippen LogP contribution in [0.3, 0.4) is 0 Å². The Kier molecular flexibility index (Phi) is 6.22. The third-order valence-corrected chi connectivity index (χ3v) is 11.8. The zero-order valence-corrected chi connectivity index (χ0v) is 19.0. The first-order valence-electron chi connectivity index (χ1n) is 10.8. The molecule has 152 valence electrons. The van der Waals surface area contributed by atoms with E-state index in [0.717, 1.165) is 25.8 Å². The quantitative estimate of drug-likeness (QED) is 0.666. The summed E-state index contributed by atoms with van der Waals surface area (Å²) in [6.07, 6.45) is 6.32. The Morgan fingerprint density at radius 1 is 1.11 bits per heavy atom. The van der Waals surface area contributed by atoms with E-state index in [9.17, 15) is 5.11 Å². The van der Waals surface area contributed by atoms with Crippen molar-refractivity contribution in [2.24, 2.45) is 0 Å². The summed E-state index contributed by atoms with van der Waals surface area (Å²) in [5.41, 5.74) is 0.840. The predicted molar refractivity (Wildman–Crippen MR) is 115 cm³/mol. The average molecular weight is 390 g/mol. The molecule has 27 heavy (non-hydrogen) atoms. The maximum absolute atomic E-state index is 11.4. The number of nitrogens with zero attached hydrogens (tertiary/aromatic N) is 1. The van der Waals surface area contributed by atoms with Crippen LogP contribution in [0.5, 0.6) is 0 Å². The largest absolute Gasteiger partial charge is 0.417 e. The molecule has 0 radical (unpaired) electrons. The molecular weight excluding hydrogens is 350 g/mol. The van der Waals surface area contributed by atoms with Crippen molar-refractivity contribution in [1.29, 1.82) is 0 Å². The van der Waals surface area contributed by atoms with Gasteiger partial charge in [-0.2, -0.15) is 0 Å². The molecule has 2 atom stereocenters. The smallest absolute Gasteiger partial charge is 0.191 e. The molecule has 0 spiro atoms.